The van der Waals surface area contributed by atoms with E-state index in [0.717, 1.165) is 6.42 Å². The number of hydrogen-bond acceptors (Lipinski definition) is 0. The predicted molar refractivity (Wildman–Crippen MR) is 173 cm³/mol. The van der Waals surface area contributed by atoms with Gasteiger partial charge in [-0.05, 0) is 80.4 Å². The molecule has 0 aliphatic heterocycles. The molecule has 2 aliphatic carbocycles. The molecule has 1 atom stereocenters. The number of benzene rings is 6. The number of allylic oxidation sites excluding steroid dienone is 2. The van der Waals surface area contributed by atoms with Crippen molar-refractivity contribution in [1.29, 1.82) is 0 Å². The molecule has 0 spiro atoms. The number of hydrogen-bond donors (Lipinski definition) is 0. The van der Waals surface area contributed by atoms with Crippen molar-refractivity contribution in [1.82, 2.24) is 4.57 Å². The molecular formula is C40H27N. The van der Waals surface area contributed by atoms with Crippen LogP contribution in [0.3, 0.4) is 0 Å². The average Bonchev–Trinajstić information content (AvgIpc) is 3.38. The van der Waals surface area contributed by atoms with Gasteiger partial charge in [-0.3, -0.25) is 0 Å². The third-order valence-corrected chi connectivity index (χ3v) is 9.11. The second kappa shape index (κ2) is 8.68. The molecule has 6 aromatic carbocycles. The van der Waals surface area contributed by atoms with Crippen LogP contribution in [0, 0.1) is 0 Å². The van der Waals surface area contributed by atoms with Crippen LogP contribution in [0.1, 0.15) is 39.3 Å². The quantitative estimate of drug-likeness (QED) is 0.218. The number of aromatic nitrogens is 1. The Labute approximate surface area is 239 Å². The summed E-state index contributed by atoms with van der Waals surface area (Å²) in [6, 6.07) is 46.9. The number of para-hydroxylation sites is 2. The highest BCUT2D eigenvalue weighted by Gasteiger charge is 2.25. The van der Waals surface area contributed by atoms with E-state index in [4.69, 9.17) is 0 Å². The van der Waals surface area contributed by atoms with Gasteiger partial charge in [0.1, 0.15) is 0 Å². The molecule has 1 aromatic heterocycles. The van der Waals surface area contributed by atoms with Gasteiger partial charge in [-0.2, -0.15) is 0 Å². The predicted octanol–water partition coefficient (Wildman–Crippen LogP) is 10.1. The lowest BCUT2D eigenvalue weighted by atomic mass is 9.77. The summed E-state index contributed by atoms with van der Waals surface area (Å²) >= 11 is 0. The van der Waals surface area contributed by atoms with Crippen molar-refractivity contribution >= 4 is 44.2 Å². The summed E-state index contributed by atoms with van der Waals surface area (Å²) in [5, 5.41) is 5.43. The highest BCUT2D eigenvalue weighted by molar-refractivity contribution is 6.09. The molecule has 9 rings (SSSR count). The Bertz CT molecular complexity index is 2150. The highest BCUT2D eigenvalue weighted by atomic mass is 15.0. The van der Waals surface area contributed by atoms with Crippen LogP contribution in [0.2, 0.25) is 0 Å². The van der Waals surface area contributed by atoms with Gasteiger partial charge in [-0.1, -0.05) is 121 Å². The van der Waals surface area contributed by atoms with Gasteiger partial charge in [0.15, 0.2) is 0 Å². The Morgan fingerprint density at radius 2 is 1.29 bits per heavy atom. The van der Waals surface area contributed by atoms with E-state index < -0.39 is 0 Å². The molecule has 1 nitrogen and oxygen atoms in total. The molecule has 1 heterocycles. The minimum atomic E-state index is 0.227. The smallest absolute Gasteiger partial charge is 0.0541 e. The van der Waals surface area contributed by atoms with E-state index in [0.29, 0.717) is 0 Å². The molecule has 2 aliphatic rings. The fourth-order valence-electron chi connectivity index (χ4n) is 7.25. The fourth-order valence-corrected chi connectivity index (χ4v) is 7.25. The molecule has 1 unspecified atom stereocenters. The molecule has 41 heavy (non-hydrogen) atoms. The van der Waals surface area contributed by atoms with E-state index >= 15 is 0 Å². The number of fused-ring (bicyclic) bond motifs is 3. The van der Waals surface area contributed by atoms with Crippen molar-refractivity contribution in [2.24, 2.45) is 0 Å². The lowest BCUT2D eigenvalue weighted by molar-refractivity contribution is 1.03. The standard InChI is InChI=1S/C40H27N/c1-2-8-26(9-3-1)31-22-16-28-19-25-36-32(23-17-29-18-24-35(31)39(28)40(29)36)27-14-20-30(21-15-27)41-37-12-6-4-10-33(37)34-11-5-7-13-38(34)41/h1-15,17-25,32H,16H2. The molecule has 0 saturated heterocycles. The zero-order valence-corrected chi connectivity index (χ0v) is 22.6. The van der Waals surface area contributed by atoms with E-state index in [2.05, 4.69) is 150 Å². The van der Waals surface area contributed by atoms with Crippen LogP contribution in [-0.2, 0) is 6.42 Å². The monoisotopic (exact) mass is 521 g/mol. The molecule has 192 valence electrons. The third kappa shape index (κ3) is 3.30. The minimum absolute atomic E-state index is 0.227. The Kier molecular flexibility index (Phi) is 4.80. The van der Waals surface area contributed by atoms with Gasteiger partial charge in [0, 0.05) is 22.4 Å². The van der Waals surface area contributed by atoms with Crippen LogP contribution >= 0.6 is 0 Å². The summed E-state index contributed by atoms with van der Waals surface area (Å²) in [6.07, 6.45) is 8.09. The Hall–Kier alpha value is -5.14. The molecule has 0 radical (unpaired) electrons. The van der Waals surface area contributed by atoms with Crippen molar-refractivity contribution < 1.29 is 0 Å². The van der Waals surface area contributed by atoms with Gasteiger partial charge in [0.25, 0.3) is 0 Å². The second-order valence-corrected chi connectivity index (χ2v) is 11.3. The maximum Gasteiger partial charge on any atom is 0.0541 e. The van der Waals surface area contributed by atoms with Gasteiger partial charge in [-0.15, -0.1) is 0 Å². The van der Waals surface area contributed by atoms with Crippen molar-refractivity contribution in [3.8, 4) is 5.69 Å². The number of nitrogens with zero attached hydrogens (tertiary/aromatic N) is 1. The van der Waals surface area contributed by atoms with E-state index in [9.17, 15) is 0 Å². The molecule has 0 saturated carbocycles. The maximum atomic E-state index is 2.40. The molecule has 0 fully saturated rings. The first-order chi connectivity index (χ1) is 20.3. The zero-order chi connectivity index (χ0) is 26.9. The van der Waals surface area contributed by atoms with Crippen LogP contribution in [0.25, 0.3) is 49.9 Å². The van der Waals surface area contributed by atoms with Crippen LogP contribution in [0.5, 0.6) is 0 Å². The maximum absolute atomic E-state index is 2.40. The Morgan fingerprint density at radius 3 is 2.05 bits per heavy atom. The highest BCUT2D eigenvalue weighted by Crippen LogP contribution is 2.45. The Morgan fingerprint density at radius 1 is 0.585 bits per heavy atom. The summed E-state index contributed by atoms with van der Waals surface area (Å²) in [5.74, 6) is 0.227. The Balaban J connectivity index is 1.17. The second-order valence-electron chi connectivity index (χ2n) is 11.3. The van der Waals surface area contributed by atoms with Crippen LogP contribution in [-0.4, -0.2) is 4.57 Å². The minimum Gasteiger partial charge on any atom is -0.309 e. The van der Waals surface area contributed by atoms with E-state index in [1.165, 1.54) is 77.2 Å². The lowest BCUT2D eigenvalue weighted by Crippen LogP contribution is -2.08. The molecule has 1 heteroatoms. The molecule has 0 amide bonds. The van der Waals surface area contributed by atoms with E-state index in [1.54, 1.807) is 0 Å². The molecule has 7 aromatic rings. The average molecular weight is 522 g/mol. The summed E-state index contributed by atoms with van der Waals surface area (Å²) in [5.41, 5.74) is 13.2. The largest absolute Gasteiger partial charge is 0.309 e. The normalized spacial score (nSPS) is 15.5. The topological polar surface area (TPSA) is 4.93 Å². The van der Waals surface area contributed by atoms with E-state index in [-0.39, 0.29) is 5.92 Å². The number of rotatable bonds is 3. The van der Waals surface area contributed by atoms with Gasteiger partial charge in [0.05, 0.1) is 11.0 Å². The first-order valence-corrected chi connectivity index (χ1v) is 14.5. The first-order valence-electron chi connectivity index (χ1n) is 14.5. The summed E-state index contributed by atoms with van der Waals surface area (Å²) in [7, 11) is 0. The van der Waals surface area contributed by atoms with Crippen molar-refractivity contribution in [3.05, 3.63) is 173 Å². The molecular weight excluding hydrogens is 494 g/mol. The van der Waals surface area contributed by atoms with Gasteiger partial charge in [0.2, 0.25) is 0 Å². The van der Waals surface area contributed by atoms with Gasteiger partial charge in [-0.25, -0.2) is 0 Å². The fraction of sp³-hybridized carbons (Fsp3) is 0.0500. The molecule has 0 bridgehead atoms. The van der Waals surface area contributed by atoms with Gasteiger partial charge >= 0.3 is 0 Å². The summed E-state index contributed by atoms with van der Waals surface area (Å²) in [4.78, 5) is 0. The van der Waals surface area contributed by atoms with Gasteiger partial charge < -0.3 is 4.57 Å². The zero-order valence-electron chi connectivity index (χ0n) is 22.6. The SMILES string of the molecule is C1=CC(c2ccc(-n3c4ccccc4c4ccccc43)cc2)c2ccc3c4c(ccc1c24)C(c1ccccc1)=CC3. The lowest BCUT2D eigenvalue weighted by Gasteiger charge is -2.27. The first kappa shape index (κ1) is 22.7. The van der Waals surface area contributed by atoms with Crippen molar-refractivity contribution in [2.45, 2.75) is 12.3 Å². The van der Waals surface area contributed by atoms with Crippen LogP contribution < -0.4 is 0 Å². The van der Waals surface area contributed by atoms with Crippen LogP contribution in [0.15, 0.2) is 140 Å². The molecule has 0 N–H and O–H groups in total. The third-order valence-electron chi connectivity index (χ3n) is 9.11. The van der Waals surface area contributed by atoms with E-state index in [1.807, 2.05) is 0 Å². The van der Waals surface area contributed by atoms with Crippen molar-refractivity contribution in [2.75, 3.05) is 0 Å². The van der Waals surface area contributed by atoms with Crippen LogP contribution in [0.4, 0.5) is 0 Å². The van der Waals surface area contributed by atoms with Crippen molar-refractivity contribution in [3.63, 3.8) is 0 Å². The summed E-state index contributed by atoms with van der Waals surface area (Å²) < 4.78 is 2.39. The summed E-state index contributed by atoms with van der Waals surface area (Å²) in [6.45, 7) is 0.